The zero-order chi connectivity index (χ0) is 111. The number of hydrogen-bond donors (Lipinski definition) is 7. The van der Waals surface area contributed by atoms with Crippen LogP contribution in [-0.2, 0) is 37.2 Å². The van der Waals surface area contributed by atoms with Crippen molar-refractivity contribution in [1.82, 2.24) is 106 Å². The molecule has 0 fully saturated rings. The summed E-state index contributed by atoms with van der Waals surface area (Å²) in [5.74, 6) is 3.23. The van der Waals surface area contributed by atoms with E-state index in [4.69, 9.17) is 151 Å². The number of carbonyl (C=O) groups excluding carboxylic acids is 5. The van der Waals surface area contributed by atoms with Gasteiger partial charge in [0.15, 0.2) is 11.5 Å². The van der Waals surface area contributed by atoms with Crippen LogP contribution < -0.4 is 51.5 Å². The van der Waals surface area contributed by atoms with Crippen LogP contribution in [0.25, 0.3) is 45.6 Å². The van der Waals surface area contributed by atoms with E-state index in [0.717, 1.165) is 29.3 Å². The van der Waals surface area contributed by atoms with Crippen LogP contribution in [0, 0.1) is 50.6 Å². The van der Waals surface area contributed by atoms with Gasteiger partial charge in [0.05, 0.1) is 189 Å². The summed E-state index contributed by atoms with van der Waals surface area (Å²) < 4.78 is 54.3. The molecule has 7 aromatic heterocycles. The van der Waals surface area contributed by atoms with E-state index in [-0.39, 0.29) is 137 Å². The first-order chi connectivity index (χ1) is 70.0. The number of nitrogens with one attached hydrogen (secondary N) is 1. The number of tetrazole rings is 4. The highest BCUT2D eigenvalue weighted by Gasteiger charge is 2.31. The summed E-state index contributed by atoms with van der Waals surface area (Å²) >= 11 is 45.0. The van der Waals surface area contributed by atoms with Crippen molar-refractivity contribution in [3.63, 3.8) is 0 Å². The number of H-pyrrole nitrogens is 1. The van der Waals surface area contributed by atoms with Crippen molar-refractivity contribution in [3.05, 3.63) is 276 Å². The molecule has 1 aliphatic heterocycles. The summed E-state index contributed by atoms with van der Waals surface area (Å²) in [7, 11) is 17.8. The Bertz CT molecular complexity index is 6950. The number of carbonyl (C=O) groups is 6. The minimum atomic E-state index is -1.23. The number of rotatable bonds is 20. The van der Waals surface area contributed by atoms with Gasteiger partial charge in [0.25, 0.3) is 17.7 Å². The van der Waals surface area contributed by atoms with E-state index in [1.165, 1.54) is 142 Å². The van der Waals surface area contributed by atoms with Crippen molar-refractivity contribution < 1.29 is 107 Å². The molecule has 0 atom stereocenters. The van der Waals surface area contributed by atoms with Gasteiger partial charge in [0, 0.05) is 44.4 Å². The van der Waals surface area contributed by atoms with Gasteiger partial charge in [-0.25, -0.2) is 35.2 Å². The number of alkyl halides is 1. The Morgan fingerprint density at radius 1 is 0.470 bits per heavy atom. The van der Waals surface area contributed by atoms with E-state index in [9.17, 15) is 88.8 Å². The Morgan fingerprint density at radius 2 is 0.792 bits per heavy atom. The number of nitrogens with zero attached hydrogens (tertiary/aromatic N) is 25. The van der Waals surface area contributed by atoms with Gasteiger partial charge in [-0.05, 0) is 93.6 Å². The first-order valence-corrected chi connectivity index (χ1v) is 42.3. The van der Waals surface area contributed by atoms with Gasteiger partial charge < -0.3 is 70.2 Å². The minimum Gasteiger partial charge on any atom is -0.501 e. The Morgan fingerprint density at radius 3 is 1.13 bits per heavy atom. The first-order valence-electron chi connectivity index (χ1n) is 40.0. The average molecular weight is 2240 g/mol. The third-order valence-corrected chi connectivity index (χ3v) is 19.7. The Kier molecular flexibility index (Phi) is 50.1. The predicted molar refractivity (Wildman–Crippen MR) is 538 cm³/mol. The number of hydrazine groups is 1. The molecular formula is C84H87Cl8FN30O26. The number of nitro groups is 5. The van der Waals surface area contributed by atoms with Crippen LogP contribution in [0.2, 0.25) is 40.8 Å². The highest BCUT2D eigenvalue weighted by molar-refractivity contribution is 6.41. The quantitative estimate of drug-likeness (QED) is 0.00708. The third kappa shape index (κ3) is 34.3. The van der Waals surface area contributed by atoms with Crippen molar-refractivity contribution in [2.45, 2.75) is 21.4 Å². The number of aryl methyl sites for hydroxylation is 3. The van der Waals surface area contributed by atoms with E-state index >= 15 is 0 Å². The Hall–Kier alpha value is -17.5. The first kappa shape index (κ1) is 124. The van der Waals surface area contributed by atoms with Gasteiger partial charge >= 0.3 is 46.3 Å². The summed E-state index contributed by atoms with van der Waals surface area (Å²) in [5.41, 5.74) is 19.5. The number of aromatic nitrogens is 19. The van der Waals surface area contributed by atoms with Gasteiger partial charge in [-0.2, -0.15) is 19.6 Å². The number of fused-ring (bicyclic) bond motifs is 1. The molecule has 0 saturated heterocycles. The number of phenols is 1. The molecular weight excluding hydrogens is 2150 g/mol. The number of amides is 3. The van der Waals surface area contributed by atoms with Crippen molar-refractivity contribution >= 4 is 168 Å². The number of nitrogen functional groups attached to an aromatic ring is 2. The normalized spacial score (nSPS) is 10.2. The standard InChI is InChI=1S/C9H9N5O3.2C9H11N5O.C9H9NO5.C8H6Cl2N2O.C8H7N5O3.C8H8N2O4.C8H7NO5.C7H6Cl3N3O.C6H2Cl3NO2.CH3F.2CH4/c1-13-11-9(10-12-13)6-4-3-5-7(14(15)16)8(6)17-2;2*1-14-12-9(11-13-14)6-4-3-5-7(10)8(6)15-2;1-14-8-6(9(11)15-2)4-3-5-7(8)10(12)13;1-12-3-5-7(8(12)13)4(9)2-6(10)11-5;1-16-7-5(8-9-11-12-10-8)3-2-4-6(7)13(14)15;1-14-7-5(8(9)11)3-2-4-6(7)10(12)13;1-14-8(11)5-3-2-4-6(7(5)10)9(12)13;1-13(11)7(14)5-3(8)2-4(9)12-6(5)10;7-2-1-3(8)10-5(9)4(2)6(11)12;1-2;;/h3-5H,1-2H3;2*3-5H,10H2,1-2H3;3-5H,1-2H3;2H,3H2,1H3;2-4H,1H3,(H,9,10,11,12);2-4H,1H3,(H2,9,11);2-4,10H,1H3;2H,11H2,1H3;1H,(H,11,12);1H3;2*1H4/i;;;;;;;;;;1D;;. The van der Waals surface area contributed by atoms with Crippen LogP contribution in [0.3, 0.4) is 0 Å². The molecule has 0 aliphatic carbocycles. The maximum atomic E-state index is 11.5. The number of carboxylic acids is 1. The molecule has 14 aromatic rings. The van der Waals surface area contributed by atoms with Crippen LogP contribution >= 0.6 is 92.8 Å². The fourth-order valence-corrected chi connectivity index (χ4v) is 13.8. The Balaban J connectivity index is 0.000000426. The molecule has 11 N–H and O–H groups in total. The van der Waals surface area contributed by atoms with Crippen LogP contribution in [0.4, 0.5) is 44.2 Å². The molecule has 0 saturated carbocycles. The number of halogens is 9. The zero-order valence-corrected chi connectivity index (χ0v) is 83.9. The maximum absolute atomic E-state index is 11.5. The van der Waals surface area contributed by atoms with Crippen LogP contribution in [0.5, 0.6) is 40.2 Å². The number of benzene rings is 7. The fraction of sp³-hybridized carbons (Fsp3) is 0.202. The van der Waals surface area contributed by atoms with Crippen LogP contribution in [0.1, 0.15) is 84.1 Å². The topological polar surface area (TPSA) is 767 Å². The van der Waals surface area contributed by atoms with Crippen molar-refractivity contribution in [2.24, 2.45) is 32.7 Å². The molecule has 56 nitrogen and oxygen atoms in total. The van der Waals surface area contributed by atoms with E-state index in [1.54, 1.807) is 77.6 Å². The average Bonchev–Trinajstić information content (AvgIpc) is 1.64. The van der Waals surface area contributed by atoms with E-state index < -0.39 is 72.9 Å². The molecule has 0 unspecified atom stereocenters. The number of anilines is 2. The summed E-state index contributed by atoms with van der Waals surface area (Å²) in [4.78, 5) is 133. The number of para-hydroxylation sites is 7. The number of pyridine rings is 3. The number of esters is 2. The van der Waals surface area contributed by atoms with Crippen molar-refractivity contribution in [3.8, 4) is 85.8 Å². The smallest absolute Gasteiger partial charge is 0.341 e. The summed E-state index contributed by atoms with van der Waals surface area (Å²) in [6, 6.07) is 35.6. The number of nitrogens with two attached hydrogens (primary N) is 4. The maximum Gasteiger partial charge on any atom is 0.341 e. The van der Waals surface area contributed by atoms with E-state index in [1.807, 2.05) is 24.3 Å². The summed E-state index contributed by atoms with van der Waals surface area (Å²) in [6.45, 7) is 0.481. The molecule has 0 radical (unpaired) electrons. The zero-order valence-electron chi connectivity index (χ0n) is 78.9. The molecule has 7 aromatic carbocycles. The number of aromatic amines is 1. The second-order valence-corrected chi connectivity index (χ2v) is 30.1. The lowest BCUT2D eigenvalue weighted by molar-refractivity contribution is -0.386. The Labute approximate surface area is 882 Å². The lowest BCUT2D eigenvalue weighted by atomic mass is 10.1. The van der Waals surface area contributed by atoms with Crippen LogP contribution in [-0.4, -0.2) is 255 Å². The second kappa shape index (κ2) is 60.3. The number of ether oxygens (including phenoxy) is 8. The van der Waals surface area contributed by atoms with Crippen LogP contribution in [0.15, 0.2) is 146 Å². The SMILES string of the molecule is C.C.CN(N)C(=O)c1c(Cl)cc(Cl)nc1Cl.CN1Cc2nc(Cl)cc(Cl)c2C1=O.COC(=O)c1cccc([N+](=O)[O-])c1O.COC(=O)c1cccc([N+](=O)[O-])c1OC.COc1c(-c2nn[nH]n2)cccc1[N+](=O)[O-].COc1c(-c2nnn(C)n2)cccc1[N+](=O)[O-].COc1c(C(N)=O)cccc1[N+](=O)[O-].COc1c(N)cccc1-c1nnn(C)n1.COc1c(N)cccc1-c1nnn(C)n1.O=C(O)c1c(Cl)cc(Cl)nc1Cl.[2H]CF. The van der Waals surface area contributed by atoms with Gasteiger partial charge in [0.1, 0.15) is 42.5 Å². The number of hydrogen-bond acceptors (Lipinski definition) is 43. The fourth-order valence-electron chi connectivity index (χ4n) is 11.5. The number of methoxy groups -OCH3 is 8. The molecule has 0 spiro atoms. The number of aromatic carboxylic acids is 1. The molecule has 65 heteroatoms. The van der Waals surface area contributed by atoms with Gasteiger partial charge in [-0.1, -0.05) is 150 Å². The highest BCUT2D eigenvalue weighted by atomic mass is 35.5. The molecule has 149 heavy (non-hydrogen) atoms. The molecule has 15 rings (SSSR count). The number of phenolic OH excluding ortho intramolecular Hbond substituents is 1. The van der Waals surface area contributed by atoms with Gasteiger partial charge in [0.2, 0.25) is 52.0 Å². The lowest BCUT2D eigenvalue weighted by Crippen LogP contribution is -2.33. The van der Waals surface area contributed by atoms with E-state index in [0.29, 0.717) is 73.6 Å². The number of nitro benzene ring substituents is 5. The predicted octanol–water partition coefficient (Wildman–Crippen LogP) is 14.3. The molecule has 8 heterocycles. The minimum absolute atomic E-state index is 0. The third-order valence-electron chi connectivity index (χ3n) is 17.7. The van der Waals surface area contributed by atoms with E-state index in [2.05, 4.69) is 91.3 Å². The summed E-state index contributed by atoms with van der Waals surface area (Å²) in [5, 5.41) is 121. The highest BCUT2D eigenvalue weighted by Crippen LogP contribution is 2.41. The molecule has 0 bridgehead atoms. The molecule has 1 aliphatic rings. The number of aromatic hydroxyl groups is 1. The van der Waals surface area contributed by atoms with Gasteiger partial charge in [-0.15, -0.1) is 40.8 Å². The van der Waals surface area contributed by atoms with Gasteiger partial charge in [-0.3, -0.25) is 74.4 Å². The molecule has 792 valence electrons. The van der Waals surface area contributed by atoms with Crippen molar-refractivity contribution in [1.29, 1.82) is 0 Å². The van der Waals surface area contributed by atoms with Crippen molar-refractivity contribution in [2.75, 3.05) is 89.6 Å². The number of carboxylic acid groups (broad SMARTS) is 1. The monoisotopic (exact) mass is 2230 g/mol. The summed E-state index contributed by atoms with van der Waals surface area (Å²) in [6.07, 6.45) is 0. The largest absolute Gasteiger partial charge is 0.501 e. The number of primary amides is 1. The second-order valence-electron chi connectivity index (χ2n) is 27.0. The lowest BCUT2D eigenvalue weighted by Gasteiger charge is -2.11. The molecule has 3 amide bonds.